The number of aromatic nitrogens is 2. The maximum Gasteiger partial charge on any atom is 0.494 e. The highest BCUT2D eigenvalue weighted by atomic mass is 16.7. The maximum atomic E-state index is 6.19. The molecular formula is C20H31BN4O2. The van der Waals surface area contributed by atoms with Gasteiger partial charge in [-0.3, -0.25) is 4.68 Å². The summed E-state index contributed by atoms with van der Waals surface area (Å²) >= 11 is 0. The molecule has 7 heteroatoms. The molecule has 4 rings (SSSR count). The molecule has 2 saturated heterocycles. The first-order chi connectivity index (χ1) is 12.8. The van der Waals surface area contributed by atoms with Crippen LogP contribution < -0.4 is 10.8 Å². The average molecular weight is 370 g/mol. The molecule has 2 aliphatic rings. The molecule has 0 aliphatic carbocycles. The van der Waals surface area contributed by atoms with E-state index in [2.05, 4.69) is 61.2 Å². The average Bonchev–Trinajstić information content (AvgIpc) is 3.27. The van der Waals surface area contributed by atoms with E-state index in [0.717, 1.165) is 35.3 Å². The number of nitrogens with zero attached hydrogens (tertiary/aromatic N) is 3. The fourth-order valence-corrected chi connectivity index (χ4v) is 3.87. The van der Waals surface area contributed by atoms with Gasteiger partial charge in [-0.05, 0) is 71.2 Å². The summed E-state index contributed by atoms with van der Waals surface area (Å²) in [6.07, 6.45) is 2.66. The Morgan fingerprint density at radius 2 is 1.78 bits per heavy atom. The minimum Gasteiger partial charge on any atom is -0.399 e. The lowest BCUT2D eigenvalue weighted by Crippen LogP contribution is -2.41. The zero-order chi connectivity index (χ0) is 19.2. The zero-order valence-corrected chi connectivity index (χ0v) is 17.2. The van der Waals surface area contributed by atoms with Crippen molar-refractivity contribution in [3.63, 3.8) is 0 Å². The van der Waals surface area contributed by atoms with Gasteiger partial charge in [0.25, 0.3) is 0 Å². The second-order valence-electron chi connectivity index (χ2n) is 8.81. The van der Waals surface area contributed by atoms with Crippen molar-refractivity contribution in [1.29, 1.82) is 0 Å². The highest BCUT2D eigenvalue weighted by Crippen LogP contribution is 2.36. The van der Waals surface area contributed by atoms with Crippen LogP contribution in [0.2, 0.25) is 0 Å². The molecule has 27 heavy (non-hydrogen) atoms. The van der Waals surface area contributed by atoms with Gasteiger partial charge in [0.15, 0.2) is 5.82 Å². The summed E-state index contributed by atoms with van der Waals surface area (Å²) in [5.41, 5.74) is 1.46. The first kappa shape index (κ1) is 18.8. The minimum absolute atomic E-state index is 0.332. The number of hydrogen-bond donors (Lipinski definition) is 1. The summed E-state index contributed by atoms with van der Waals surface area (Å²) in [7, 11) is 1.64. The number of nitrogens with one attached hydrogen (secondary N) is 1. The summed E-state index contributed by atoms with van der Waals surface area (Å²) in [5.74, 6) is 0.951. The van der Waals surface area contributed by atoms with Crippen molar-refractivity contribution >= 4 is 29.3 Å². The van der Waals surface area contributed by atoms with Crippen molar-refractivity contribution in [2.75, 3.05) is 31.5 Å². The molecule has 0 bridgehead atoms. The highest BCUT2D eigenvalue weighted by Gasteiger charge is 2.51. The molecule has 1 N–H and O–H groups in total. The zero-order valence-electron chi connectivity index (χ0n) is 17.2. The van der Waals surface area contributed by atoms with E-state index in [1.54, 1.807) is 0 Å². The Kier molecular flexibility index (Phi) is 4.73. The van der Waals surface area contributed by atoms with Crippen molar-refractivity contribution in [1.82, 2.24) is 14.7 Å². The number of aryl methyl sites for hydroxylation is 1. The van der Waals surface area contributed by atoms with Crippen molar-refractivity contribution in [2.45, 2.75) is 51.7 Å². The number of fused-ring (bicyclic) bond motifs is 1. The van der Waals surface area contributed by atoms with Gasteiger partial charge in [-0.1, -0.05) is 6.07 Å². The summed E-state index contributed by atoms with van der Waals surface area (Å²) in [6.45, 7) is 12.8. The Hall–Kier alpha value is -1.57. The predicted molar refractivity (Wildman–Crippen MR) is 111 cm³/mol. The summed E-state index contributed by atoms with van der Waals surface area (Å²) in [6, 6.07) is 6.36. The first-order valence-electron chi connectivity index (χ1n) is 10.1. The SMILES string of the molecule is Cn1nc(NCCN2CCCC2)c2ccc(B3OC(C)(C)C(C)(C)O3)cc21. The number of benzene rings is 1. The van der Waals surface area contributed by atoms with Gasteiger partial charge in [0.05, 0.1) is 16.7 Å². The molecule has 1 aromatic heterocycles. The Morgan fingerprint density at radius 1 is 1.11 bits per heavy atom. The van der Waals surface area contributed by atoms with Crippen LogP contribution in [0.25, 0.3) is 10.9 Å². The van der Waals surface area contributed by atoms with Crippen LogP contribution in [0.15, 0.2) is 18.2 Å². The van der Waals surface area contributed by atoms with Crippen molar-refractivity contribution in [2.24, 2.45) is 7.05 Å². The van der Waals surface area contributed by atoms with Crippen LogP contribution >= 0.6 is 0 Å². The fraction of sp³-hybridized carbons (Fsp3) is 0.650. The Morgan fingerprint density at radius 3 is 2.44 bits per heavy atom. The molecule has 2 fully saturated rings. The van der Waals surface area contributed by atoms with E-state index in [-0.39, 0.29) is 18.3 Å². The molecule has 0 amide bonds. The molecular weight excluding hydrogens is 339 g/mol. The quantitative estimate of drug-likeness (QED) is 0.819. The molecule has 0 saturated carbocycles. The van der Waals surface area contributed by atoms with Gasteiger partial charge in [-0.2, -0.15) is 5.10 Å². The monoisotopic (exact) mass is 370 g/mol. The number of anilines is 1. The Bertz CT molecular complexity index is 811. The second kappa shape index (κ2) is 6.80. The smallest absolute Gasteiger partial charge is 0.399 e. The third kappa shape index (κ3) is 3.48. The van der Waals surface area contributed by atoms with Gasteiger partial charge in [0.1, 0.15) is 0 Å². The normalized spacial score (nSPS) is 22.0. The van der Waals surface area contributed by atoms with Gasteiger partial charge >= 0.3 is 7.12 Å². The van der Waals surface area contributed by atoms with Crippen LogP contribution in [0.3, 0.4) is 0 Å². The first-order valence-corrected chi connectivity index (χ1v) is 10.1. The number of rotatable bonds is 5. The summed E-state index contributed by atoms with van der Waals surface area (Å²) < 4.78 is 14.3. The lowest BCUT2D eigenvalue weighted by atomic mass is 9.79. The van der Waals surface area contributed by atoms with Crippen LogP contribution in [0.4, 0.5) is 5.82 Å². The van der Waals surface area contributed by atoms with Gasteiger partial charge in [-0.25, -0.2) is 0 Å². The van der Waals surface area contributed by atoms with E-state index in [9.17, 15) is 0 Å². The minimum atomic E-state index is -0.346. The van der Waals surface area contributed by atoms with Crippen molar-refractivity contribution in [3.05, 3.63) is 18.2 Å². The molecule has 0 unspecified atom stereocenters. The lowest BCUT2D eigenvalue weighted by Gasteiger charge is -2.32. The predicted octanol–water partition coefficient (Wildman–Crippen LogP) is 2.38. The third-order valence-electron chi connectivity index (χ3n) is 6.32. The van der Waals surface area contributed by atoms with Gasteiger partial charge in [0.2, 0.25) is 0 Å². The van der Waals surface area contributed by atoms with Gasteiger partial charge < -0.3 is 19.5 Å². The van der Waals surface area contributed by atoms with E-state index in [1.165, 1.54) is 25.9 Å². The van der Waals surface area contributed by atoms with Crippen molar-refractivity contribution in [3.8, 4) is 0 Å². The van der Waals surface area contributed by atoms with Gasteiger partial charge in [-0.15, -0.1) is 0 Å². The topological polar surface area (TPSA) is 51.6 Å². The second-order valence-corrected chi connectivity index (χ2v) is 8.81. The van der Waals surface area contributed by atoms with E-state index >= 15 is 0 Å². The summed E-state index contributed by atoms with van der Waals surface area (Å²) in [4.78, 5) is 2.51. The third-order valence-corrected chi connectivity index (χ3v) is 6.32. The number of hydrogen-bond acceptors (Lipinski definition) is 5. The van der Waals surface area contributed by atoms with E-state index < -0.39 is 0 Å². The van der Waals surface area contributed by atoms with Crippen LogP contribution in [0, 0.1) is 0 Å². The summed E-state index contributed by atoms with van der Waals surface area (Å²) in [5, 5.41) is 9.34. The van der Waals surface area contributed by atoms with Crippen LogP contribution in [-0.4, -0.2) is 59.2 Å². The molecule has 3 heterocycles. The number of likely N-dealkylation sites (tertiary alicyclic amines) is 1. The van der Waals surface area contributed by atoms with E-state index in [1.807, 2.05) is 11.7 Å². The van der Waals surface area contributed by atoms with Crippen molar-refractivity contribution < 1.29 is 9.31 Å². The van der Waals surface area contributed by atoms with Crippen LogP contribution in [0.1, 0.15) is 40.5 Å². The molecule has 1 aromatic carbocycles. The fourth-order valence-electron chi connectivity index (χ4n) is 3.87. The van der Waals surface area contributed by atoms with E-state index in [4.69, 9.17) is 9.31 Å². The molecule has 0 atom stereocenters. The Labute approximate surface area is 162 Å². The van der Waals surface area contributed by atoms with E-state index in [0.29, 0.717) is 0 Å². The highest BCUT2D eigenvalue weighted by molar-refractivity contribution is 6.62. The van der Waals surface area contributed by atoms with Crippen LogP contribution in [-0.2, 0) is 16.4 Å². The standard InChI is InChI=1S/C20H31BN4O2/c1-19(2)20(3,4)27-21(26-19)15-8-9-16-17(14-15)24(5)23-18(16)22-10-13-25-11-6-7-12-25/h8-9,14H,6-7,10-13H2,1-5H3,(H,22,23). The Balaban J connectivity index is 1.51. The lowest BCUT2D eigenvalue weighted by molar-refractivity contribution is 0.00578. The molecule has 0 radical (unpaired) electrons. The molecule has 6 nitrogen and oxygen atoms in total. The molecule has 0 spiro atoms. The van der Waals surface area contributed by atoms with Crippen LogP contribution in [0.5, 0.6) is 0 Å². The maximum absolute atomic E-state index is 6.19. The van der Waals surface area contributed by atoms with Gasteiger partial charge in [0, 0.05) is 25.5 Å². The molecule has 2 aromatic rings. The molecule has 146 valence electrons. The largest absolute Gasteiger partial charge is 0.494 e. The molecule has 2 aliphatic heterocycles.